The average Bonchev–Trinajstić information content (AvgIpc) is 1.88. The predicted molar refractivity (Wildman–Crippen MR) is 43.4 cm³/mol. The summed E-state index contributed by atoms with van der Waals surface area (Å²) in [5.74, 6) is 4.68. The molecule has 1 rings (SSSR count). The second kappa shape index (κ2) is 3.87. The van der Waals surface area contributed by atoms with Crippen LogP contribution in [0.1, 0.15) is 0 Å². The summed E-state index contributed by atoms with van der Waals surface area (Å²) in [7, 11) is 0. The van der Waals surface area contributed by atoms with Crippen LogP contribution in [0.5, 0.6) is 5.75 Å². The van der Waals surface area contributed by atoms with E-state index in [1.807, 2.05) is 0 Å². The Hall–Kier alpha value is -1.17. The molecule has 0 spiro atoms. The number of aromatic nitrogens is 1. The smallest absolute Gasteiger partial charge is 0.228 e. The third-order valence-corrected chi connectivity index (χ3v) is 1.05. The van der Waals surface area contributed by atoms with Crippen molar-refractivity contribution in [1.29, 1.82) is 0 Å². The van der Waals surface area contributed by atoms with Crippen LogP contribution in [0.15, 0.2) is 23.4 Å². The summed E-state index contributed by atoms with van der Waals surface area (Å²) in [5, 5.41) is 20.9. The molecule has 0 atom stereocenters. The molecule has 62 valence electrons. The molecule has 0 aliphatic carbocycles. The number of halogens is 1. The van der Waals surface area contributed by atoms with Gasteiger partial charge in [0.1, 0.15) is 0 Å². The Morgan fingerprint density at radius 1 is 1.55 bits per heavy atom. The highest BCUT2D eigenvalue weighted by molar-refractivity contribution is 8.93. The minimum absolute atomic E-state index is 0. The maximum absolute atomic E-state index is 8.94. The first-order valence-corrected chi connectivity index (χ1v) is 2.59. The summed E-state index contributed by atoms with van der Waals surface area (Å²) in [4.78, 5) is 0. The van der Waals surface area contributed by atoms with Gasteiger partial charge in [0.2, 0.25) is 5.49 Å². The SMILES string of the molecule is Br.NN=c1c(O)cccn1O. The van der Waals surface area contributed by atoms with Gasteiger partial charge >= 0.3 is 0 Å². The zero-order chi connectivity index (χ0) is 7.56. The first kappa shape index (κ1) is 9.83. The lowest BCUT2D eigenvalue weighted by molar-refractivity contribution is 0.167. The van der Waals surface area contributed by atoms with Crippen LogP contribution in [0.3, 0.4) is 0 Å². The molecule has 0 saturated heterocycles. The molecule has 0 radical (unpaired) electrons. The van der Waals surface area contributed by atoms with Crippen LogP contribution in [-0.2, 0) is 0 Å². The molecule has 0 bridgehead atoms. The van der Waals surface area contributed by atoms with Gasteiger partial charge in [0.15, 0.2) is 5.75 Å². The van der Waals surface area contributed by atoms with Gasteiger partial charge in [-0.3, -0.25) is 0 Å². The number of hydrogen-bond acceptors (Lipinski definition) is 4. The molecule has 0 unspecified atom stereocenters. The number of hydrogen-bond donors (Lipinski definition) is 3. The topological polar surface area (TPSA) is 83.8 Å². The molecule has 11 heavy (non-hydrogen) atoms. The summed E-state index contributed by atoms with van der Waals surface area (Å²) in [5.41, 5.74) is -0.0671. The largest absolute Gasteiger partial charge is 0.504 e. The van der Waals surface area contributed by atoms with Gasteiger partial charge in [-0.15, -0.1) is 17.0 Å². The van der Waals surface area contributed by atoms with Crippen molar-refractivity contribution in [3.63, 3.8) is 0 Å². The number of pyridine rings is 1. The molecule has 0 amide bonds. The van der Waals surface area contributed by atoms with Gasteiger partial charge in [0, 0.05) is 6.20 Å². The fourth-order valence-corrected chi connectivity index (χ4v) is 0.603. The summed E-state index contributed by atoms with van der Waals surface area (Å²) < 4.78 is 0.634. The van der Waals surface area contributed by atoms with Crippen molar-refractivity contribution >= 4 is 17.0 Å². The lowest BCUT2D eigenvalue weighted by Crippen LogP contribution is -2.19. The first-order chi connectivity index (χ1) is 4.75. The maximum Gasteiger partial charge on any atom is 0.228 e. The summed E-state index contributed by atoms with van der Waals surface area (Å²) in [6.07, 6.45) is 1.31. The third kappa shape index (κ3) is 1.87. The molecule has 0 aromatic carbocycles. The Labute approximate surface area is 73.1 Å². The molecule has 0 aliphatic rings. The van der Waals surface area contributed by atoms with Crippen molar-refractivity contribution in [1.82, 2.24) is 4.73 Å². The van der Waals surface area contributed by atoms with Gasteiger partial charge < -0.3 is 16.2 Å². The van der Waals surface area contributed by atoms with Crippen molar-refractivity contribution in [2.45, 2.75) is 0 Å². The van der Waals surface area contributed by atoms with Crippen molar-refractivity contribution in [3.05, 3.63) is 23.8 Å². The predicted octanol–water partition coefficient (Wildman–Crippen LogP) is -0.217. The van der Waals surface area contributed by atoms with Gasteiger partial charge in [-0.2, -0.15) is 9.83 Å². The van der Waals surface area contributed by atoms with Crippen LogP contribution in [0.2, 0.25) is 0 Å². The minimum Gasteiger partial charge on any atom is -0.504 e. The normalized spacial score (nSPS) is 10.7. The molecule has 1 aromatic rings. The van der Waals surface area contributed by atoms with Crippen LogP contribution in [-0.4, -0.2) is 15.0 Å². The Morgan fingerprint density at radius 2 is 2.18 bits per heavy atom. The van der Waals surface area contributed by atoms with Crippen molar-refractivity contribution in [2.75, 3.05) is 0 Å². The van der Waals surface area contributed by atoms with E-state index >= 15 is 0 Å². The standard InChI is InChI=1S/C5H7N3O2.BrH/c6-7-5-4(9)2-1-3-8(5)10;/h1-3,9-10H,6H2;1H. The fraction of sp³-hybridized carbons (Fsp3) is 0. The summed E-state index contributed by atoms with van der Waals surface area (Å²) >= 11 is 0. The number of nitrogens with zero attached hydrogens (tertiary/aromatic N) is 2. The molecule has 1 aromatic heterocycles. The van der Waals surface area contributed by atoms with E-state index in [4.69, 9.17) is 16.2 Å². The molecule has 0 aliphatic heterocycles. The van der Waals surface area contributed by atoms with E-state index in [0.717, 1.165) is 0 Å². The lowest BCUT2D eigenvalue weighted by atomic mass is 10.4. The van der Waals surface area contributed by atoms with Gasteiger partial charge in [-0.25, -0.2) is 0 Å². The van der Waals surface area contributed by atoms with E-state index in [0.29, 0.717) is 4.73 Å². The van der Waals surface area contributed by atoms with E-state index in [9.17, 15) is 0 Å². The van der Waals surface area contributed by atoms with Crippen LogP contribution >= 0.6 is 17.0 Å². The maximum atomic E-state index is 8.94. The minimum atomic E-state index is -0.160. The van der Waals surface area contributed by atoms with Crippen molar-refractivity contribution in [2.24, 2.45) is 10.9 Å². The fourth-order valence-electron chi connectivity index (χ4n) is 0.603. The van der Waals surface area contributed by atoms with Crippen molar-refractivity contribution in [3.8, 4) is 5.75 Å². The monoisotopic (exact) mass is 221 g/mol. The zero-order valence-electron chi connectivity index (χ0n) is 5.51. The van der Waals surface area contributed by atoms with Crippen LogP contribution in [0.25, 0.3) is 0 Å². The molecule has 5 nitrogen and oxygen atoms in total. The number of aromatic hydroxyl groups is 1. The molecule has 0 saturated carbocycles. The Kier molecular flexibility index (Phi) is 3.46. The molecule has 4 N–H and O–H groups in total. The van der Waals surface area contributed by atoms with Crippen LogP contribution in [0, 0.1) is 0 Å². The molecular weight excluding hydrogens is 214 g/mol. The summed E-state index contributed by atoms with van der Waals surface area (Å²) in [6.45, 7) is 0. The Balaban J connectivity index is 0.000001000. The van der Waals surface area contributed by atoms with Crippen LogP contribution < -0.4 is 11.3 Å². The van der Waals surface area contributed by atoms with Crippen LogP contribution in [0.4, 0.5) is 0 Å². The van der Waals surface area contributed by atoms with Gasteiger partial charge in [0.25, 0.3) is 0 Å². The Bertz CT molecular complexity index is 273. The average molecular weight is 222 g/mol. The Morgan fingerprint density at radius 3 is 2.55 bits per heavy atom. The van der Waals surface area contributed by atoms with Crippen molar-refractivity contribution < 1.29 is 10.3 Å². The molecular formula is C5H8BrN3O2. The highest BCUT2D eigenvalue weighted by Gasteiger charge is 1.93. The first-order valence-electron chi connectivity index (χ1n) is 2.59. The van der Waals surface area contributed by atoms with E-state index in [2.05, 4.69) is 5.10 Å². The lowest BCUT2D eigenvalue weighted by Gasteiger charge is -1.96. The van der Waals surface area contributed by atoms with Gasteiger partial charge in [0.05, 0.1) is 0 Å². The summed E-state index contributed by atoms with van der Waals surface area (Å²) in [6, 6.07) is 2.84. The second-order valence-corrected chi connectivity index (χ2v) is 1.69. The van der Waals surface area contributed by atoms with Gasteiger partial charge in [-0.05, 0) is 12.1 Å². The number of rotatable bonds is 0. The zero-order valence-corrected chi connectivity index (χ0v) is 7.22. The molecule has 1 heterocycles. The third-order valence-electron chi connectivity index (χ3n) is 1.05. The van der Waals surface area contributed by atoms with Gasteiger partial charge in [-0.1, -0.05) is 0 Å². The van der Waals surface area contributed by atoms with E-state index in [1.165, 1.54) is 18.3 Å². The van der Waals surface area contributed by atoms with E-state index in [1.54, 1.807) is 0 Å². The second-order valence-electron chi connectivity index (χ2n) is 1.69. The highest BCUT2D eigenvalue weighted by Crippen LogP contribution is 1.95. The van der Waals surface area contributed by atoms with E-state index in [-0.39, 0.29) is 28.2 Å². The number of nitrogens with two attached hydrogens (primary N) is 1. The molecule has 0 fully saturated rings. The highest BCUT2D eigenvalue weighted by atomic mass is 79.9. The quantitative estimate of drug-likeness (QED) is 0.322. The molecule has 6 heteroatoms. The van der Waals surface area contributed by atoms with E-state index < -0.39 is 0 Å².